The number of esters is 1. The van der Waals surface area contributed by atoms with E-state index in [1.165, 1.54) is 225 Å². The van der Waals surface area contributed by atoms with E-state index in [-0.39, 0.29) is 24.9 Å². The van der Waals surface area contributed by atoms with Gasteiger partial charge in [0, 0.05) is 6.42 Å². The fourth-order valence-corrected chi connectivity index (χ4v) is 9.19. The summed E-state index contributed by atoms with van der Waals surface area (Å²) in [6.45, 7) is 6.52. The molecular weight excluding hydrogens is 791 g/mol. The number of rotatable bonds is 53. The first-order valence-corrected chi connectivity index (χ1v) is 28.9. The summed E-state index contributed by atoms with van der Waals surface area (Å²) < 4.78 is 5.96. The smallest absolute Gasteiger partial charge is 0.306 e. The van der Waals surface area contributed by atoms with Gasteiger partial charge in [-0.2, -0.15) is 0 Å². The molecule has 3 unspecified atom stereocenters. The Morgan fingerprint density at radius 1 is 0.438 bits per heavy atom. The van der Waals surface area contributed by atoms with E-state index in [9.17, 15) is 19.8 Å². The maximum Gasteiger partial charge on any atom is 0.306 e. The van der Waals surface area contributed by atoms with E-state index < -0.39 is 18.2 Å². The van der Waals surface area contributed by atoms with Crippen LogP contribution in [0.5, 0.6) is 0 Å². The van der Waals surface area contributed by atoms with Crippen LogP contribution in [0.3, 0.4) is 0 Å². The molecule has 0 heterocycles. The van der Waals surface area contributed by atoms with Gasteiger partial charge < -0.3 is 20.3 Å². The summed E-state index contributed by atoms with van der Waals surface area (Å²) in [7, 11) is 0. The number of carbonyl (C=O) groups is 2. The van der Waals surface area contributed by atoms with E-state index in [1.807, 2.05) is 0 Å². The lowest BCUT2D eigenvalue weighted by atomic mass is 10.0. The largest absolute Gasteiger partial charge is 0.462 e. The Labute approximate surface area is 399 Å². The van der Waals surface area contributed by atoms with E-state index >= 15 is 0 Å². The Kier molecular flexibility index (Phi) is 51.4. The summed E-state index contributed by atoms with van der Waals surface area (Å²) in [4.78, 5) is 26.2. The van der Waals surface area contributed by atoms with Crippen LogP contribution in [0, 0.1) is 0 Å². The van der Waals surface area contributed by atoms with Crippen LogP contribution in [0.4, 0.5) is 0 Å². The number of hydrogen-bond donors (Lipinski definition) is 3. The topological polar surface area (TPSA) is 95.9 Å². The molecule has 0 saturated heterocycles. The molecule has 3 N–H and O–H groups in total. The Balaban J connectivity index is 4.52. The lowest BCUT2D eigenvalue weighted by Gasteiger charge is -2.24. The lowest BCUT2D eigenvalue weighted by molar-refractivity contribution is -0.151. The predicted molar refractivity (Wildman–Crippen MR) is 278 cm³/mol. The molecule has 3 atom stereocenters. The molecule has 0 spiro atoms. The Morgan fingerprint density at radius 2 is 0.750 bits per heavy atom. The van der Waals surface area contributed by atoms with Gasteiger partial charge in [0.05, 0.1) is 25.2 Å². The molecule has 0 bridgehead atoms. The second-order valence-electron chi connectivity index (χ2n) is 20.1. The van der Waals surface area contributed by atoms with E-state index in [2.05, 4.69) is 38.2 Å². The van der Waals surface area contributed by atoms with Crippen molar-refractivity contribution < 1.29 is 24.5 Å². The van der Waals surface area contributed by atoms with Crippen molar-refractivity contribution in [3.8, 4) is 0 Å². The van der Waals surface area contributed by atoms with E-state index in [0.29, 0.717) is 19.3 Å². The highest BCUT2D eigenvalue weighted by molar-refractivity contribution is 5.77. The van der Waals surface area contributed by atoms with Gasteiger partial charge in [-0.05, 0) is 51.4 Å². The quantitative estimate of drug-likeness (QED) is 0.0321. The molecule has 0 aromatic heterocycles. The molecule has 0 aliphatic carbocycles. The molecule has 1 amide bonds. The van der Waals surface area contributed by atoms with Crippen LogP contribution in [0.1, 0.15) is 323 Å². The van der Waals surface area contributed by atoms with Crippen LogP contribution in [-0.2, 0) is 14.3 Å². The number of aliphatic hydroxyl groups excluding tert-OH is 2. The van der Waals surface area contributed by atoms with Crippen molar-refractivity contribution in [2.24, 2.45) is 0 Å². The predicted octanol–water partition coefficient (Wildman–Crippen LogP) is 17.7. The number of carbonyl (C=O) groups excluding carboxylic acids is 2. The minimum absolute atomic E-state index is 0.0796. The zero-order valence-electron chi connectivity index (χ0n) is 43.4. The summed E-state index contributed by atoms with van der Waals surface area (Å²) in [5.74, 6) is -0.470. The second kappa shape index (κ2) is 52.6. The van der Waals surface area contributed by atoms with Crippen LogP contribution < -0.4 is 5.32 Å². The minimum atomic E-state index is -0.785. The normalized spacial score (nSPS) is 13.1. The zero-order valence-corrected chi connectivity index (χ0v) is 43.4. The van der Waals surface area contributed by atoms with Crippen LogP contribution in [0.2, 0.25) is 0 Å². The molecule has 380 valence electrons. The van der Waals surface area contributed by atoms with E-state index in [1.54, 1.807) is 0 Å². The van der Waals surface area contributed by atoms with Gasteiger partial charge in [0.2, 0.25) is 5.91 Å². The zero-order chi connectivity index (χ0) is 46.7. The van der Waals surface area contributed by atoms with Crippen molar-refractivity contribution in [3.05, 3.63) is 12.2 Å². The third-order valence-electron chi connectivity index (χ3n) is 13.6. The number of ether oxygens (including phenoxy) is 1. The minimum Gasteiger partial charge on any atom is -0.462 e. The Bertz CT molecular complexity index is 970. The van der Waals surface area contributed by atoms with Crippen molar-refractivity contribution in [2.45, 2.75) is 341 Å². The van der Waals surface area contributed by atoms with Gasteiger partial charge in [-0.15, -0.1) is 0 Å². The van der Waals surface area contributed by atoms with Gasteiger partial charge in [-0.3, -0.25) is 9.59 Å². The SMILES string of the molecule is CCCCCCCCC/C=C\CCCCCC(=O)OC(CCCCCCCCCCCCCCCCCC)CC(=O)NC(CO)C(O)CCCCCCCCCCCCCCCCC. The number of nitrogens with one attached hydrogen (secondary N) is 1. The summed E-state index contributed by atoms with van der Waals surface area (Å²) in [5.41, 5.74) is 0. The fourth-order valence-electron chi connectivity index (χ4n) is 9.19. The van der Waals surface area contributed by atoms with Gasteiger partial charge in [-0.1, -0.05) is 270 Å². The standard InChI is InChI=1S/C58H113NO5/c1-4-7-10-13-16-19-22-25-28-30-31-34-37-40-43-46-49-54(64-58(63)51-48-45-42-39-36-33-27-24-21-18-15-12-9-6-3)52-57(62)59-55(53-60)56(61)50-47-44-41-38-35-32-29-26-23-20-17-14-11-8-5-2/h33,36,54-56,60-61H,4-32,34-35,37-53H2,1-3H3,(H,59,62)/b36-33-. The first kappa shape index (κ1) is 62.6. The average molecular weight is 905 g/mol. The molecule has 0 aromatic carbocycles. The molecule has 0 aliphatic rings. The maximum absolute atomic E-state index is 13.3. The molecule has 64 heavy (non-hydrogen) atoms. The lowest BCUT2D eigenvalue weighted by Crippen LogP contribution is -2.46. The van der Waals surface area contributed by atoms with Gasteiger partial charge in [-0.25, -0.2) is 0 Å². The van der Waals surface area contributed by atoms with Crippen molar-refractivity contribution in [3.63, 3.8) is 0 Å². The van der Waals surface area contributed by atoms with Crippen molar-refractivity contribution >= 4 is 11.9 Å². The van der Waals surface area contributed by atoms with E-state index in [0.717, 1.165) is 51.4 Å². The highest BCUT2D eigenvalue weighted by atomic mass is 16.5. The Morgan fingerprint density at radius 3 is 1.11 bits per heavy atom. The van der Waals surface area contributed by atoms with Crippen LogP contribution in [0.15, 0.2) is 12.2 Å². The van der Waals surface area contributed by atoms with Crippen LogP contribution in [-0.4, -0.2) is 46.9 Å². The van der Waals surface area contributed by atoms with Crippen LogP contribution >= 0.6 is 0 Å². The van der Waals surface area contributed by atoms with Gasteiger partial charge in [0.1, 0.15) is 6.10 Å². The molecular formula is C58H113NO5. The summed E-state index contributed by atoms with van der Waals surface area (Å²) in [5, 5.41) is 23.9. The number of amides is 1. The first-order chi connectivity index (χ1) is 31.5. The van der Waals surface area contributed by atoms with Crippen molar-refractivity contribution in [1.82, 2.24) is 5.32 Å². The van der Waals surface area contributed by atoms with Crippen molar-refractivity contribution in [1.29, 1.82) is 0 Å². The molecule has 0 aliphatic heterocycles. The van der Waals surface area contributed by atoms with Gasteiger partial charge >= 0.3 is 5.97 Å². The maximum atomic E-state index is 13.3. The summed E-state index contributed by atoms with van der Waals surface area (Å²) in [6, 6.07) is -0.698. The summed E-state index contributed by atoms with van der Waals surface area (Å²) >= 11 is 0. The molecule has 0 saturated carbocycles. The third kappa shape index (κ3) is 47.1. The van der Waals surface area contributed by atoms with Crippen molar-refractivity contribution in [2.75, 3.05) is 6.61 Å². The average Bonchev–Trinajstić information content (AvgIpc) is 3.29. The first-order valence-electron chi connectivity index (χ1n) is 28.9. The summed E-state index contributed by atoms with van der Waals surface area (Å²) in [6.07, 6.45) is 59.9. The number of allylic oxidation sites excluding steroid dienone is 2. The van der Waals surface area contributed by atoms with Gasteiger partial charge in [0.25, 0.3) is 0 Å². The molecule has 0 fully saturated rings. The Hall–Kier alpha value is -1.40. The second-order valence-corrected chi connectivity index (χ2v) is 20.1. The highest BCUT2D eigenvalue weighted by Gasteiger charge is 2.24. The third-order valence-corrected chi connectivity index (χ3v) is 13.6. The number of hydrogen-bond acceptors (Lipinski definition) is 5. The highest BCUT2D eigenvalue weighted by Crippen LogP contribution is 2.19. The number of unbranched alkanes of at least 4 members (excludes halogenated alkanes) is 39. The number of aliphatic hydroxyl groups is 2. The molecule has 0 aromatic rings. The molecule has 0 rings (SSSR count). The molecule has 0 radical (unpaired) electrons. The monoisotopic (exact) mass is 904 g/mol. The van der Waals surface area contributed by atoms with Crippen LogP contribution in [0.25, 0.3) is 0 Å². The van der Waals surface area contributed by atoms with Gasteiger partial charge in [0.15, 0.2) is 0 Å². The molecule has 6 nitrogen and oxygen atoms in total. The fraction of sp³-hybridized carbons (Fsp3) is 0.931. The van der Waals surface area contributed by atoms with E-state index in [4.69, 9.17) is 4.74 Å². The molecule has 6 heteroatoms.